The van der Waals surface area contributed by atoms with Crippen molar-refractivity contribution in [2.75, 3.05) is 0 Å². The second kappa shape index (κ2) is 3.92. The van der Waals surface area contributed by atoms with Gasteiger partial charge in [0.15, 0.2) is 0 Å². The highest BCUT2D eigenvalue weighted by atomic mass is 16.3. The van der Waals surface area contributed by atoms with Crippen molar-refractivity contribution in [3.05, 3.63) is 35.9 Å². The molecule has 4 atom stereocenters. The Morgan fingerprint density at radius 3 is 2.37 bits per heavy atom. The van der Waals surface area contributed by atoms with Gasteiger partial charge in [0.2, 0.25) is 0 Å². The third kappa shape index (κ3) is 1.50. The molecule has 0 aromatic heterocycles. The maximum Gasteiger partial charge on any atom is 0.145 e. The van der Waals surface area contributed by atoms with E-state index >= 15 is 0 Å². The number of fused-ring (bicyclic) bond motifs is 2. The first-order chi connectivity index (χ1) is 8.89. The average molecular weight is 258 g/mol. The summed E-state index contributed by atoms with van der Waals surface area (Å²) in [5, 5.41) is 10.6. The van der Waals surface area contributed by atoms with Gasteiger partial charge in [-0.1, -0.05) is 51.1 Å². The van der Waals surface area contributed by atoms with E-state index in [1.165, 1.54) is 0 Å². The van der Waals surface area contributed by atoms with Crippen LogP contribution in [-0.2, 0) is 4.79 Å². The summed E-state index contributed by atoms with van der Waals surface area (Å²) in [6, 6.07) is 9.61. The van der Waals surface area contributed by atoms with Crippen molar-refractivity contribution in [2.45, 2.75) is 39.7 Å². The van der Waals surface area contributed by atoms with Crippen molar-refractivity contribution in [1.29, 1.82) is 0 Å². The van der Waals surface area contributed by atoms with Gasteiger partial charge in [0, 0.05) is 5.41 Å². The topological polar surface area (TPSA) is 37.3 Å². The van der Waals surface area contributed by atoms with Gasteiger partial charge in [-0.15, -0.1) is 0 Å². The predicted octanol–water partition coefficient (Wildman–Crippen LogP) is 3.36. The number of Topliss-reactive ketones (excluding diaryl/α,β-unsaturated/α-hetero) is 1. The molecule has 2 nitrogen and oxygen atoms in total. The molecule has 2 bridgehead atoms. The smallest absolute Gasteiger partial charge is 0.145 e. The molecule has 2 saturated carbocycles. The van der Waals surface area contributed by atoms with Crippen LogP contribution < -0.4 is 0 Å². The van der Waals surface area contributed by atoms with E-state index < -0.39 is 6.10 Å². The minimum atomic E-state index is -0.653. The lowest BCUT2D eigenvalue weighted by molar-refractivity contribution is -0.135. The van der Waals surface area contributed by atoms with Crippen LogP contribution in [0.5, 0.6) is 0 Å². The first-order valence-corrected chi connectivity index (χ1v) is 7.17. The highest BCUT2D eigenvalue weighted by molar-refractivity contribution is 5.92. The van der Waals surface area contributed by atoms with Gasteiger partial charge in [-0.25, -0.2) is 0 Å². The summed E-state index contributed by atoms with van der Waals surface area (Å²) in [6.07, 6.45) is 1.38. The lowest BCUT2D eigenvalue weighted by Gasteiger charge is -2.32. The SMILES string of the molecule is CC12CCC(C(C(O)c3ccccc3)C1=O)C2(C)C. The molecule has 1 aromatic carbocycles. The summed E-state index contributed by atoms with van der Waals surface area (Å²) in [5.41, 5.74) is 0.621. The van der Waals surface area contributed by atoms with Crippen LogP contribution in [0.1, 0.15) is 45.3 Å². The number of carbonyl (C=O) groups excluding carboxylic acids is 1. The lowest BCUT2D eigenvalue weighted by Crippen LogP contribution is -2.34. The minimum absolute atomic E-state index is 0.00447. The Morgan fingerprint density at radius 2 is 1.84 bits per heavy atom. The van der Waals surface area contributed by atoms with E-state index in [9.17, 15) is 9.90 Å². The van der Waals surface area contributed by atoms with Crippen molar-refractivity contribution in [2.24, 2.45) is 22.7 Å². The second-order valence-corrected chi connectivity index (χ2v) is 6.94. The Bertz CT molecular complexity index is 505. The molecule has 2 fully saturated rings. The second-order valence-electron chi connectivity index (χ2n) is 6.94. The molecule has 1 aromatic rings. The molecule has 0 saturated heterocycles. The number of hydrogen-bond donors (Lipinski definition) is 1. The van der Waals surface area contributed by atoms with Crippen molar-refractivity contribution in [3.63, 3.8) is 0 Å². The van der Waals surface area contributed by atoms with Crippen LogP contribution in [0.3, 0.4) is 0 Å². The van der Waals surface area contributed by atoms with Gasteiger partial charge in [-0.05, 0) is 29.7 Å². The van der Waals surface area contributed by atoms with Gasteiger partial charge < -0.3 is 5.11 Å². The Balaban J connectivity index is 1.98. The van der Waals surface area contributed by atoms with Gasteiger partial charge in [-0.2, -0.15) is 0 Å². The fourth-order valence-corrected chi connectivity index (χ4v) is 4.38. The van der Waals surface area contributed by atoms with Crippen molar-refractivity contribution in [3.8, 4) is 0 Å². The maximum absolute atomic E-state index is 12.8. The molecule has 0 spiro atoms. The van der Waals surface area contributed by atoms with Crippen LogP contribution in [0.2, 0.25) is 0 Å². The number of hydrogen-bond acceptors (Lipinski definition) is 2. The summed E-state index contributed by atoms with van der Waals surface area (Å²) in [6.45, 7) is 6.48. The number of rotatable bonds is 2. The average Bonchev–Trinajstić information content (AvgIpc) is 2.71. The first kappa shape index (κ1) is 12.9. The lowest BCUT2D eigenvalue weighted by atomic mass is 9.70. The Hall–Kier alpha value is -1.15. The predicted molar refractivity (Wildman–Crippen MR) is 74.5 cm³/mol. The molecule has 0 radical (unpaired) electrons. The van der Waals surface area contributed by atoms with Crippen LogP contribution in [-0.4, -0.2) is 10.9 Å². The highest BCUT2D eigenvalue weighted by Gasteiger charge is 2.67. The van der Waals surface area contributed by atoms with Gasteiger partial charge in [0.1, 0.15) is 5.78 Å². The largest absolute Gasteiger partial charge is 0.388 e. The molecule has 2 aliphatic rings. The van der Waals surface area contributed by atoms with E-state index in [0.29, 0.717) is 5.92 Å². The molecule has 19 heavy (non-hydrogen) atoms. The zero-order chi connectivity index (χ0) is 13.8. The Morgan fingerprint density at radius 1 is 1.21 bits per heavy atom. The van der Waals surface area contributed by atoms with E-state index in [-0.39, 0.29) is 22.5 Å². The quantitative estimate of drug-likeness (QED) is 0.883. The van der Waals surface area contributed by atoms with Crippen LogP contribution in [0, 0.1) is 22.7 Å². The highest BCUT2D eigenvalue weighted by Crippen LogP contribution is 2.67. The van der Waals surface area contributed by atoms with Crippen LogP contribution in [0.25, 0.3) is 0 Å². The van der Waals surface area contributed by atoms with Crippen LogP contribution in [0.15, 0.2) is 30.3 Å². The molecular weight excluding hydrogens is 236 g/mol. The maximum atomic E-state index is 12.8. The van der Waals surface area contributed by atoms with Crippen molar-refractivity contribution < 1.29 is 9.90 Å². The summed E-state index contributed by atoms with van der Waals surface area (Å²) in [4.78, 5) is 12.8. The van der Waals surface area contributed by atoms with Crippen molar-refractivity contribution in [1.82, 2.24) is 0 Å². The first-order valence-electron chi connectivity index (χ1n) is 7.17. The van der Waals surface area contributed by atoms with E-state index in [4.69, 9.17) is 0 Å². The van der Waals surface area contributed by atoms with Gasteiger partial charge in [0.25, 0.3) is 0 Å². The molecule has 102 valence electrons. The summed E-state index contributed by atoms with van der Waals surface area (Å²) < 4.78 is 0. The Kier molecular flexibility index (Phi) is 2.66. The number of aliphatic hydroxyl groups excluding tert-OH is 1. The zero-order valence-electron chi connectivity index (χ0n) is 11.9. The molecule has 4 unspecified atom stereocenters. The molecular formula is C17H22O2. The minimum Gasteiger partial charge on any atom is -0.388 e. The molecule has 1 N–H and O–H groups in total. The molecule has 3 rings (SSSR count). The summed E-state index contributed by atoms with van der Waals surface area (Å²) in [5.74, 6) is 0.349. The standard InChI is InChI=1S/C17H22O2/c1-16(2)12-9-10-17(16,3)15(19)13(12)14(18)11-7-5-4-6-8-11/h4-8,12-14,18H,9-10H2,1-3H3. The fourth-order valence-electron chi connectivity index (χ4n) is 4.38. The Labute approximate surface area is 114 Å². The van der Waals surface area contributed by atoms with Gasteiger partial charge in [-0.3, -0.25) is 4.79 Å². The summed E-state index contributed by atoms with van der Waals surface area (Å²) >= 11 is 0. The van der Waals surface area contributed by atoms with Gasteiger partial charge in [0.05, 0.1) is 12.0 Å². The molecule has 2 heteroatoms. The number of aliphatic hydroxyl groups is 1. The molecule has 0 heterocycles. The van der Waals surface area contributed by atoms with Crippen molar-refractivity contribution >= 4 is 5.78 Å². The fraction of sp³-hybridized carbons (Fsp3) is 0.588. The van der Waals surface area contributed by atoms with Crippen LogP contribution >= 0.6 is 0 Å². The number of benzene rings is 1. The third-order valence-electron chi connectivity index (χ3n) is 6.07. The van der Waals surface area contributed by atoms with Crippen LogP contribution in [0.4, 0.5) is 0 Å². The summed E-state index contributed by atoms with van der Waals surface area (Å²) in [7, 11) is 0. The van der Waals surface area contributed by atoms with E-state index in [2.05, 4.69) is 20.8 Å². The molecule has 2 aliphatic carbocycles. The third-order valence-corrected chi connectivity index (χ3v) is 6.07. The molecule has 0 aliphatic heterocycles. The number of ketones is 1. The van der Waals surface area contributed by atoms with E-state index in [1.807, 2.05) is 30.3 Å². The number of carbonyl (C=O) groups is 1. The van der Waals surface area contributed by atoms with E-state index in [0.717, 1.165) is 18.4 Å². The molecule has 0 amide bonds. The normalized spacial score (nSPS) is 37.6. The zero-order valence-corrected chi connectivity index (χ0v) is 11.9. The van der Waals surface area contributed by atoms with Gasteiger partial charge >= 0.3 is 0 Å². The van der Waals surface area contributed by atoms with E-state index in [1.54, 1.807) is 0 Å². The monoisotopic (exact) mass is 258 g/mol.